The minimum Gasteiger partial charge on any atom is -0.457 e. The van der Waals surface area contributed by atoms with Gasteiger partial charge >= 0.3 is 11.9 Å². The second-order valence-corrected chi connectivity index (χ2v) is 10.5. The van der Waals surface area contributed by atoms with Crippen molar-refractivity contribution in [3.63, 3.8) is 0 Å². The first kappa shape index (κ1) is 24.0. The van der Waals surface area contributed by atoms with Crippen molar-refractivity contribution in [2.45, 2.75) is 77.3 Å². The van der Waals surface area contributed by atoms with E-state index in [9.17, 15) is 14.7 Å². The Morgan fingerprint density at radius 2 is 1.91 bits per heavy atom. The van der Waals surface area contributed by atoms with Crippen LogP contribution in [0.3, 0.4) is 0 Å². The zero-order chi connectivity index (χ0) is 24.0. The summed E-state index contributed by atoms with van der Waals surface area (Å²) in [5.74, 6) is -0.383. The number of allylic oxidation sites excluding steroid dienone is 1. The molecular weight excluding hydrogens is 420 g/mol. The molecule has 2 saturated heterocycles. The number of aliphatic hydroxyl groups excluding tert-OH is 1. The van der Waals surface area contributed by atoms with Gasteiger partial charge in [-0.05, 0) is 55.6 Å². The molecule has 1 aromatic rings. The Hall–Kier alpha value is -2.18. The highest BCUT2D eigenvalue weighted by Crippen LogP contribution is 2.63. The summed E-state index contributed by atoms with van der Waals surface area (Å²) in [6, 6.07) is 9.77. The molecule has 0 radical (unpaired) electrons. The Bertz CT molecular complexity index is 924. The van der Waals surface area contributed by atoms with Crippen LogP contribution in [-0.2, 0) is 23.8 Å². The molecular formula is C27H36O6. The zero-order valence-electron chi connectivity index (χ0n) is 20.2. The summed E-state index contributed by atoms with van der Waals surface area (Å²) in [6.45, 7) is 9.63. The molecule has 2 bridgehead atoms. The smallest absolute Gasteiger partial charge is 0.332 e. The summed E-state index contributed by atoms with van der Waals surface area (Å²) >= 11 is 0. The number of ether oxygens (including phenoxy) is 3. The maximum absolute atomic E-state index is 13.1. The lowest BCUT2D eigenvalue weighted by Crippen LogP contribution is -2.62. The van der Waals surface area contributed by atoms with E-state index in [1.54, 1.807) is 6.08 Å². The lowest BCUT2D eigenvalue weighted by molar-refractivity contribution is -0.264. The second-order valence-electron chi connectivity index (χ2n) is 10.5. The van der Waals surface area contributed by atoms with Crippen LogP contribution in [-0.4, -0.2) is 47.1 Å². The van der Waals surface area contributed by atoms with Crippen molar-refractivity contribution in [3.8, 4) is 0 Å². The monoisotopic (exact) mass is 456 g/mol. The summed E-state index contributed by atoms with van der Waals surface area (Å²) in [7, 11) is 0. The van der Waals surface area contributed by atoms with Gasteiger partial charge in [0, 0.05) is 18.4 Å². The third-order valence-electron chi connectivity index (χ3n) is 8.36. The maximum Gasteiger partial charge on any atom is 0.332 e. The number of carbonyl (C=O) groups excluding carboxylic acids is 2. The molecule has 33 heavy (non-hydrogen) atoms. The van der Waals surface area contributed by atoms with Crippen molar-refractivity contribution in [2.24, 2.45) is 23.7 Å². The fourth-order valence-corrected chi connectivity index (χ4v) is 6.56. The van der Waals surface area contributed by atoms with E-state index in [4.69, 9.17) is 14.2 Å². The van der Waals surface area contributed by atoms with Crippen molar-refractivity contribution >= 4 is 17.5 Å². The maximum atomic E-state index is 13.1. The number of hydrogen-bond acceptors (Lipinski definition) is 6. The summed E-state index contributed by atoms with van der Waals surface area (Å²) < 4.78 is 18.8. The van der Waals surface area contributed by atoms with E-state index in [0.29, 0.717) is 12.3 Å². The molecule has 1 aliphatic carbocycles. The van der Waals surface area contributed by atoms with Gasteiger partial charge in [0.1, 0.15) is 30.0 Å². The number of benzene rings is 1. The number of carbonyl (C=O) groups is 2. The summed E-state index contributed by atoms with van der Waals surface area (Å²) in [5.41, 5.74) is 0.407. The average molecular weight is 457 g/mol. The van der Waals surface area contributed by atoms with Crippen LogP contribution < -0.4 is 0 Å². The van der Waals surface area contributed by atoms with Crippen molar-refractivity contribution in [3.05, 3.63) is 42.0 Å². The Balaban J connectivity index is 1.68. The molecule has 6 nitrogen and oxygen atoms in total. The van der Waals surface area contributed by atoms with E-state index < -0.39 is 36.0 Å². The van der Waals surface area contributed by atoms with Gasteiger partial charge < -0.3 is 19.3 Å². The van der Waals surface area contributed by atoms with Crippen LogP contribution in [0.25, 0.3) is 5.57 Å². The van der Waals surface area contributed by atoms with Gasteiger partial charge in [-0.25, -0.2) is 9.59 Å². The lowest BCUT2D eigenvalue weighted by atomic mass is 9.69. The molecule has 0 spiro atoms. The number of fused-ring (bicyclic) bond motifs is 4. The molecule has 2 aliphatic heterocycles. The third kappa shape index (κ3) is 4.01. The highest BCUT2D eigenvalue weighted by Gasteiger charge is 2.72. The van der Waals surface area contributed by atoms with Crippen LogP contribution in [0, 0.1) is 23.7 Å². The standard InChI is InChI=1S/C27H36O6/c1-16(2)27-14-21(31-23(30)15-28)26(5,33-27)20-12-11-17(3)24(20)25(27)32-22(29)13-18(4)19-9-7-6-8-10-19/h6-10,13,16-17,20-21,24-25,28H,11-12,14-15H2,1-5H3/b18-13+/t17-,20?,21?,24?,25+,26-,27+/m1/s1. The molecule has 0 amide bonds. The fraction of sp³-hybridized carbons (Fsp3) is 0.630. The number of hydrogen-bond donors (Lipinski definition) is 1. The predicted molar refractivity (Wildman–Crippen MR) is 124 cm³/mol. The first-order chi connectivity index (χ1) is 15.6. The first-order valence-electron chi connectivity index (χ1n) is 12.1. The SMILES string of the molecule is C/C(=C\C(=O)O[C@H]1C2C(CC[C@H]2C)[C@@]2(C)O[C@]1(C(C)C)CC2OC(=O)CO)c1ccccc1. The largest absolute Gasteiger partial charge is 0.457 e. The van der Waals surface area contributed by atoms with Crippen LogP contribution in [0.4, 0.5) is 0 Å². The van der Waals surface area contributed by atoms with Gasteiger partial charge in [0.15, 0.2) is 0 Å². The van der Waals surface area contributed by atoms with Crippen molar-refractivity contribution in [1.29, 1.82) is 0 Å². The fourth-order valence-electron chi connectivity index (χ4n) is 6.56. The van der Waals surface area contributed by atoms with Crippen LogP contribution in [0.5, 0.6) is 0 Å². The molecule has 3 aliphatic rings. The molecule has 6 heteroatoms. The number of aliphatic hydroxyl groups is 1. The molecule has 2 heterocycles. The molecule has 1 aromatic carbocycles. The Kier molecular flexibility index (Phi) is 6.45. The zero-order valence-corrected chi connectivity index (χ0v) is 20.2. The second kappa shape index (κ2) is 8.88. The summed E-state index contributed by atoms with van der Waals surface area (Å²) in [5, 5.41) is 9.28. The first-order valence-corrected chi connectivity index (χ1v) is 12.1. The van der Waals surface area contributed by atoms with Crippen molar-refractivity contribution < 1.29 is 28.9 Å². The molecule has 0 aromatic heterocycles. The quantitative estimate of drug-likeness (QED) is 0.511. The number of esters is 2. The van der Waals surface area contributed by atoms with Gasteiger partial charge in [0.2, 0.25) is 0 Å². The van der Waals surface area contributed by atoms with Crippen LogP contribution >= 0.6 is 0 Å². The predicted octanol–water partition coefficient (Wildman–Crippen LogP) is 4.16. The van der Waals surface area contributed by atoms with Gasteiger partial charge in [0.25, 0.3) is 0 Å². The van der Waals surface area contributed by atoms with E-state index in [0.717, 1.165) is 24.0 Å². The Morgan fingerprint density at radius 1 is 1.21 bits per heavy atom. The van der Waals surface area contributed by atoms with Crippen LogP contribution in [0.15, 0.2) is 36.4 Å². The number of rotatable bonds is 6. The van der Waals surface area contributed by atoms with Crippen LogP contribution in [0.1, 0.15) is 59.4 Å². The van der Waals surface area contributed by atoms with E-state index in [1.807, 2.05) is 44.2 Å². The van der Waals surface area contributed by atoms with Gasteiger partial charge in [-0.15, -0.1) is 0 Å². The molecule has 1 N–H and O–H groups in total. The van der Waals surface area contributed by atoms with Gasteiger partial charge in [-0.3, -0.25) is 0 Å². The molecule has 180 valence electrons. The lowest BCUT2D eigenvalue weighted by Gasteiger charge is -2.52. The Morgan fingerprint density at radius 3 is 2.55 bits per heavy atom. The molecule has 1 saturated carbocycles. The van der Waals surface area contributed by atoms with Crippen molar-refractivity contribution in [2.75, 3.05) is 6.61 Å². The molecule has 4 rings (SSSR count). The molecule has 3 unspecified atom stereocenters. The molecule has 7 atom stereocenters. The van der Waals surface area contributed by atoms with Gasteiger partial charge in [-0.2, -0.15) is 0 Å². The summed E-state index contributed by atoms with van der Waals surface area (Å²) in [6.07, 6.45) is 3.03. The van der Waals surface area contributed by atoms with E-state index in [1.165, 1.54) is 0 Å². The van der Waals surface area contributed by atoms with Crippen molar-refractivity contribution in [1.82, 2.24) is 0 Å². The molecule has 3 fully saturated rings. The average Bonchev–Trinajstić information content (AvgIpc) is 3.30. The van der Waals surface area contributed by atoms with E-state index >= 15 is 0 Å². The van der Waals surface area contributed by atoms with E-state index in [2.05, 4.69) is 20.8 Å². The van der Waals surface area contributed by atoms with E-state index in [-0.39, 0.29) is 23.7 Å². The minimum absolute atomic E-state index is 0.0420. The van der Waals surface area contributed by atoms with Gasteiger partial charge in [0.05, 0.1) is 0 Å². The highest BCUT2D eigenvalue weighted by molar-refractivity contribution is 5.91. The summed E-state index contributed by atoms with van der Waals surface area (Å²) in [4.78, 5) is 25.2. The normalized spacial score (nSPS) is 37.7. The van der Waals surface area contributed by atoms with Gasteiger partial charge in [-0.1, -0.05) is 51.1 Å². The topological polar surface area (TPSA) is 82.1 Å². The van der Waals surface area contributed by atoms with Crippen LogP contribution in [0.2, 0.25) is 0 Å². The third-order valence-corrected chi connectivity index (χ3v) is 8.36. The Labute approximate surface area is 196 Å². The highest BCUT2D eigenvalue weighted by atomic mass is 16.6. The minimum atomic E-state index is -0.751.